The van der Waals surface area contributed by atoms with Crippen molar-refractivity contribution in [2.24, 2.45) is 10.7 Å². The fourth-order valence-corrected chi connectivity index (χ4v) is 3.28. The van der Waals surface area contributed by atoms with Gasteiger partial charge in [-0.2, -0.15) is 11.8 Å². The lowest BCUT2D eigenvalue weighted by Crippen LogP contribution is -2.42. The molecule has 0 aliphatic carbocycles. The molecular formula is C11H19N5S2. The van der Waals surface area contributed by atoms with Gasteiger partial charge in [0.15, 0.2) is 5.96 Å². The van der Waals surface area contributed by atoms with Crippen LogP contribution in [0.1, 0.15) is 29.8 Å². The van der Waals surface area contributed by atoms with Crippen LogP contribution in [0.4, 0.5) is 0 Å². The first-order valence-corrected chi connectivity index (χ1v) is 8.09. The highest BCUT2D eigenvalue weighted by atomic mass is 32.2. The van der Waals surface area contributed by atoms with Crippen LogP contribution < -0.4 is 5.73 Å². The van der Waals surface area contributed by atoms with Crippen LogP contribution in [0, 0.1) is 0 Å². The summed E-state index contributed by atoms with van der Waals surface area (Å²) >= 11 is 3.59. The van der Waals surface area contributed by atoms with Crippen molar-refractivity contribution in [3.63, 3.8) is 0 Å². The second-order valence-corrected chi connectivity index (χ2v) is 6.78. The minimum absolute atomic E-state index is 0.427. The Morgan fingerprint density at radius 1 is 1.39 bits per heavy atom. The van der Waals surface area contributed by atoms with Gasteiger partial charge in [-0.05, 0) is 0 Å². The van der Waals surface area contributed by atoms with Crippen LogP contribution in [0.5, 0.6) is 0 Å². The Bertz CT molecular complexity index is 409. The van der Waals surface area contributed by atoms with Gasteiger partial charge in [-0.1, -0.05) is 25.2 Å². The van der Waals surface area contributed by atoms with Crippen LogP contribution in [0.2, 0.25) is 0 Å². The summed E-state index contributed by atoms with van der Waals surface area (Å²) in [5.41, 5.74) is 5.99. The molecule has 100 valence electrons. The van der Waals surface area contributed by atoms with E-state index in [1.165, 1.54) is 0 Å². The van der Waals surface area contributed by atoms with E-state index in [0.717, 1.165) is 34.6 Å². The van der Waals surface area contributed by atoms with Crippen molar-refractivity contribution in [2.75, 3.05) is 24.6 Å². The highest BCUT2D eigenvalue weighted by molar-refractivity contribution is 7.99. The molecule has 5 nitrogen and oxygen atoms in total. The zero-order valence-electron chi connectivity index (χ0n) is 10.8. The van der Waals surface area contributed by atoms with E-state index in [1.54, 1.807) is 11.3 Å². The lowest BCUT2D eigenvalue weighted by molar-refractivity contribution is 0.455. The number of aliphatic imine (C=N–C) groups is 1. The summed E-state index contributed by atoms with van der Waals surface area (Å²) in [4.78, 5) is 6.55. The Labute approximate surface area is 116 Å². The van der Waals surface area contributed by atoms with Crippen molar-refractivity contribution in [2.45, 2.75) is 26.3 Å². The largest absolute Gasteiger partial charge is 0.370 e. The van der Waals surface area contributed by atoms with Gasteiger partial charge in [0.2, 0.25) is 0 Å². The Morgan fingerprint density at radius 3 is 2.72 bits per heavy atom. The second-order valence-electron chi connectivity index (χ2n) is 4.46. The van der Waals surface area contributed by atoms with Gasteiger partial charge >= 0.3 is 0 Å². The van der Waals surface area contributed by atoms with Gasteiger partial charge in [-0.15, -0.1) is 10.2 Å². The van der Waals surface area contributed by atoms with Gasteiger partial charge in [-0.25, -0.2) is 4.99 Å². The monoisotopic (exact) mass is 285 g/mol. The highest BCUT2D eigenvalue weighted by Crippen LogP contribution is 2.19. The number of thioether (sulfide) groups is 1. The Morgan fingerprint density at radius 2 is 2.11 bits per heavy atom. The zero-order chi connectivity index (χ0) is 13.0. The molecule has 0 bridgehead atoms. The Kier molecular flexibility index (Phi) is 4.82. The maximum Gasteiger partial charge on any atom is 0.191 e. The molecule has 0 amide bonds. The molecule has 1 aromatic rings. The van der Waals surface area contributed by atoms with E-state index in [0.29, 0.717) is 18.4 Å². The molecule has 7 heteroatoms. The number of guanidine groups is 1. The van der Waals surface area contributed by atoms with Gasteiger partial charge in [0.1, 0.15) is 10.0 Å². The van der Waals surface area contributed by atoms with Crippen LogP contribution in [0.25, 0.3) is 0 Å². The first-order valence-electron chi connectivity index (χ1n) is 6.11. The molecule has 2 N–H and O–H groups in total. The number of hydrogen-bond acceptors (Lipinski definition) is 5. The molecule has 1 fully saturated rings. The van der Waals surface area contributed by atoms with Gasteiger partial charge < -0.3 is 10.6 Å². The molecule has 18 heavy (non-hydrogen) atoms. The Balaban J connectivity index is 1.91. The third kappa shape index (κ3) is 3.58. The van der Waals surface area contributed by atoms with E-state index < -0.39 is 0 Å². The van der Waals surface area contributed by atoms with Crippen LogP contribution in [0.3, 0.4) is 0 Å². The van der Waals surface area contributed by atoms with Crippen LogP contribution >= 0.6 is 23.1 Å². The maximum absolute atomic E-state index is 5.99. The molecule has 1 aliphatic rings. The van der Waals surface area contributed by atoms with E-state index in [2.05, 4.69) is 33.9 Å². The lowest BCUT2D eigenvalue weighted by Gasteiger charge is -2.27. The number of nitrogens with two attached hydrogens (primary N) is 1. The van der Waals surface area contributed by atoms with Crippen molar-refractivity contribution in [1.82, 2.24) is 15.1 Å². The van der Waals surface area contributed by atoms with Gasteiger partial charge in [0.05, 0.1) is 6.54 Å². The molecule has 2 rings (SSSR count). The van der Waals surface area contributed by atoms with E-state index in [9.17, 15) is 0 Å². The summed E-state index contributed by atoms with van der Waals surface area (Å²) in [6, 6.07) is 0. The number of hydrogen-bond donors (Lipinski definition) is 1. The average molecular weight is 285 g/mol. The molecule has 0 aromatic carbocycles. The number of aromatic nitrogens is 2. The predicted molar refractivity (Wildman–Crippen MR) is 78.2 cm³/mol. The third-order valence-electron chi connectivity index (χ3n) is 2.69. The van der Waals surface area contributed by atoms with Crippen molar-refractivity contribution in [3.05, 3.63) is 10.0 Å². The molecule has 0 spiro atoms. The van der Waals surface area contributed by atoms with E-state index in [4.69, 9.17) is 5.73 Å². The third-order valence-corrected chi connectivity index (χ3v) is 4.84. The van der Waals surface area contributed by atoms with Crippen molar-refractivity contribution in [1.29, 1.82) is 0 Å². The molecule has 2 heterocycles. The fraction of sp³-hybridized carbons (Fsp3) is 0.727. The fourth-order valence-electron chi connectivity index (χ4n) is 1.60. The first-order chi connectivity index (χ1) is 8.66. The Hall–Kier alpha value is -0.820. The minimum Gasteiger partial charge on any atom is -0.370 e. The summed E-state index contributed by atoms with van der Waals surface area (Å²) < 4.78 is 0. The average Bonchev–Trinajstić information content (AvgIpc) is 2.86. The van der Waals surface area contributed by atoms with Crippen LogP contribution in [-0.4, -0.2) is 45.7 Å². The first kappa shape index (κ1) is 13.6. The van der Waals surface area contributed by atoms with Gasteiger partial charge in [-0.3, -0.25) is 0 Å². The summed E-state index contributed by atoms with van der Waals surface area (Å²) in [6.45, 7) is 6.77. The molecule has 1 aliphatic heterocycles. The minimum atomic E-state index is 0.427. The quantitative estimate of drug-likeness (QED) is 0.674. The summed E-state index contributed by atoms with van der Waals surface area (Å²) in [5.74, 6) is 3.33. The number of nitrogens with zero attached hydrogens (tertiary/aromatic N) is 4. The lowest BCUT2D eigenvalue weighted by atomic mass is 10.2. The SMILES string of the molecule is CC(C)c1nnc(CN=C(N)N2CCSCC2)s1. The van der Waals surface area contributed by atoms with Crippen LogP contribution in [-0.2, 0) is 6.54 Å². The van der Waals surface area contributed by atoms with E-state index in [1.807, 2.05) is 11.8 Å². The van der Waals surface area contributed by atoms with E-state index >= 15 is 0 Å². The van der Waals surface area contributed by atoms with Crippen molar-refractivity contribution < 1.29 is 0 Å². The van der Waals surface area contributed by atoms with Gasteiger partial charge in [0.25, 0.3) is 0 Å². The van der Waals surface area contributed by atoms with Crippen LogP contribution in [0.15, 0.2) is 4.99 Å². The van der Waals surface area contributed by atoms with Gasteiger partial charge in [0, 0.05) is 30.5 Å². The molecule has 0 atom stereocenters. The summed E-state index contributed by atoms with van der Waals surface area (Å²) in [7, 11) is 0. The molecule has 1 saturated heterocycles. The topological polar surface area (TPSA) is 67.4 Å². The molecular weight excluding hydrogens is 266 g/mol. The number of rotatable bonds is 3. The molecule has 0 radical (unpaired) electrons. The molecule has 0 saturated carbocycles. The molecule has 1 aromatic heterocycles. The maximum atomic E-state index is 5.99. The standard InChI is InChI=1S/C11H19N5S2/c1-8(2)10-15-14-9(18-10)7-13-11(12)16-3-5-17-6-4-16/h8H,3-7H2,1-2H3,(H2,12,13). The predicted octanol–water partition coefficient (Wildman–Crippen LogP) is 1.52. The highest BCUT2D eigenvalue weighted by Gasteiger charge is 2.12. The smallest absolute Gasteiger partial charge is 0.191 e. The summed E-state index contributed by atoms with van der Waals surface area (Å²) in [6.07, 6.45) is 0. The molecule has 0 unspecified atom stereocenters. The van der Waals surface area contributed by atoms with Crippen molar-refractivity contribution >= 4 is 29.1 Å². The normalized spacial score (nSPS) is 17.5. The zero-order valence-corrected chi connectivity index (χ0v) is 12.4. The second kappa shape index (κ2) is 6.38. The van der Waals surface area contributed by atoms with Crippen molar-refractivity contribution in [3.8, 4) is 0 Å². The summed E-state index contributed by atoms with van der Waals surface area (Å²) in [5, 5.41) is 10.3. The van der Waals surface area contributed by atoms with E-state index in [-0.39, 0.29) is 0 Å².